The maximum absolute atomic E-state index is 11.3. The Hall–Kier alpha value is -2.71. The largest absolute Gasteiger partial charge is 0.457 e. The monoisotopic (exact) mass is 359 g/mol. The van der Waals surface area contributed by atoms with Crippen LogP contribution in [0.1, 0.15) is 18.9 Å². The van der Waals surface area contributed by atoms with E-state index in [0.29, 0.717) is 17.1 Å². The summed E-state index contributed by atoms with van der Waals surface area (Å²) in [7, 11) is -3.37. The molecule has 7 nitrogen and oxygen atoms in total. The second-order valence-electron chi connectivity index (χ2n) is 5.51. The second-order valence-corrected chi connectivity index (χ2v) is 7.29. The molecule has 3 rings (SSSR count). The molecule has 1 aromatic heterocycles. The number of sulfonamides is 1. The van der Waals surface area contributed by atoms with Crippen LogP contribution < -0.4 is 9.46 Å². The number of ether oxygens (including phenoxy) is 1. The molecule has 0 aliphatic heterocycles. The molecule has 1 N–H and O–H groups in total. The molecule has 130 valence electrons. The van der Waals surface area contributed by atoms with Crippen molar-refractivity contribution in [3.05, 3.63) is 60.5 Å². The van der Waals surface area contributed by atoms with Gasteiger partial charge in [-0.3, -0.25) is 0 Å². The average molecular weight is 359 g/mol. The summed E-state index contributed by atoms with van der Waals surface area (Å²) >= 11 is 0. The summed E-state index contributed by atoms with van der Waals surface area (Å²) in [5.74, 6) is 1.90. The molecule has 3 aromatic rings. The fourth-order valence-electron chi connectivity index (χ4n) is 2.22. The first kappa shape index (κ1) is 17.1. The van der Waals surface area contributed by atoms with Crippen molar-refractivity contribution >= 4 is 10.0 Å². The number of hydrogen-bond acceptors (Lipinski definition) is 6. The van der Waals surface area contributed by atoms with Crippen molar-refractivity contribution in [3.8, 4) is 22.9 Å². The zero-order chi connectivity index (χ0) is 17.9. The molecule has 1 heterocycles. The van der Waals surface area contributed by atoms with Crippen molar-refractivity contribution < 1.29 is 17.7 Å². The van der Waals surface area contributed by atoms with Crippen molar-refractivity contribution in [2.45, 2.75) is 13.0 Å². The average Bonchev–Trinajstić information content (AvgIpc) is 3.05. The van der Waals surface area contributed by atoms with Gasteiger partial charge in [-0.05, 0) is 31.2 Å². The molecule has 25 heavy (non-hydrogen) atoms. The highest BCUT2D eigenvalue weighted by molar-refractivity contribution is 7.88. The molecule has 0 aliphatic carbocycles. The Labute approximate surface area is 145 Å². The van der Waals surface area contributed by atoms with Gasteiger partial charge in [0.15, 0.2) is 0 Å². The Morgan fingerprint density at radius 3 is 2.52 bits per heavy atom. The van der Waals surface area contributed by atoms with Gasteiger partial charge in [-0.2, -0.15) is 4.98 Å². The van der Waals surface area contributed by atoms with Gasteiger partial charge in [0, 0.05) is 5.56 Å². The van der Waals surface area contributed by atoms with E-state index in [1.54, 1.807) is 13.0 Å². The number of rotatable bonds is 6. The Bertz CT molecular complexity index is 955. The summed E-state index contributed by atoms with van der Waals surface area (Å²) in [4.78, 5) is 4.25. The van der Waals surface area contributed by atoms with Crippen molar-refractivity contribution in [2.75, 3.05) is 6.26 Å². The van der Waals surface area contributed by atoms with E-state index in [4.69, 9.17) is 9.26 Å². The van der Waals surface area contributed by atoms with Crippen LogP contribution in [0.15, 0.2) is 59.1 Å². The van der Waals surface area contributed by atoms with Crippen molar-refractivity contribution in [2.24, 2.45) is 0 Å². The highest BCUT2D eigenvalue weighted by Crippen LogP contribution is 2.26. The lowest BCUT2D eigenvalue weighted by Gasteiger charge is -2.06. The summed E-state index contributed by atoms with van der Waals surface area (Å²) in [5, 5.41) is 3.91. The van der Waals surface area contributed by atoms with Crippen LogP contribution >= 0.6 is 0 Å². The summed E-state index contributed by atoms with van der Waals surface area (Å²) in [5.41, 5.74) is 0.704. The Morgan fingerprint density at radius 1 is 1.08 bits per heavy atom. The maximum atomic E-state index is 11.3. The third kappa shape index (κ3) is 4.65. The molecule has 0 saturated heterocycles. The molecular formula is C17H17N3O4S. The van der Waals surface area contributed by atoms with E-state index < -0.39 is 16.1 Å². The number of nitrogens with zero attached hydrogens (tertiary/aromatic N) is 2. The highest BCUT2D eigenvalue weighted by Gasteiger charge is 2.18. The molecule has 0 aliphatic rings. The van der Waals surface area contributed by atoms with Gasteiger partial charge in [-0.25, -0.2) is 13.1 Å². The molecule has 0 spiro atoms. The molecule has 0 fully saturated rings. The lowest BCUT2D eigenvalue weighted by molar-refractivity contribution is 0.354. The van der Waals surface area contributed by atoms with E-state index >= 15 is 0 Å². The molecule has 0 radical (unpaired) electrons. The minimum Gasteiger partial charge on any atom is -0.457 e. The van der Waals surface area contributed by atoms with Crippen molar-refractivity contribution in [3.63, 3.8) is 0 Å². The first-order valence-electron chi connectivity index (χ1n) is 7.55. The number of nitrogens with one attached hydrogen (secondary N) is 1. The second kappa shape index (κ2) is 7.04. The van der Waals surface area contributed by atoms with E-state index in [2.05, 4.69) is 14.9 Å². The molecule has 2 aromatic carbocycles. The zero-order valence-corrected chi connectivity index (χ0v) is 14.5. The molecule has 0 amide bonds. The summed E-state index contributed by atoms with van der Waals surface area (Å²) in [6, 6.07) is 16.1. The Balaban J connectivity index is 1.80. The molecule has 1 atom stereocenters. The summed E-state index contributed by atoms with van der Waals surface area (Å²) < 4.78 is 35.9. The van der Waals surface area contributed by atoms with Gasteiger partial charge in [0.05, 0.1) is 12.3 Å². The van der Waals surface area contributed by atoms with Crippen molar-refractivity contribution in [1.29, 1.82) is 0 Å². The van der Waals surface area contributed by atoms with Crippen LogP contribution in [0.25, 0.3) is 11.4 Å². The first-order valence-corrected chi connectivity index (χ1v) is 9.44. The zero-order valence-electron chi connectivity index (χ0n) is 13.7. The minimum atomic E-state index is -3.37. The van der Waals surface area contributed by atoms with E-state index in [1.807, 2.05) is 48.5 Å². The van der Waals surface area contributed by atoms with Gasteiger partial charge in [0.25, 0.3) is 0 Å². The van der Waals surface area contributed by atoms with Gasteiger partial charge >= 0.3 is 0 Å². The van der Waals surface area contributed by atoms with Crippen LogP contribution in [0.2, 0.25) is 0 Å². The first-order chi connectivity index (χ1) is 11.9. The summed E-state index contributed by atoms with van der Waals surface area (Å²) in [6.45, 7) is 1.63. The molecule has 0 saturated carbocycles. The molecule has 0 bridgehead atoms. The fraction of sp³-hybridized carbons (Fsp3) is 0.176. The van der Waals surface area contributed by atoms with Gasteiger partial charge < -0.3 is 9.26 Å². The highest BCUT2D eigenvalue weighted by atomic mass is 32.2. The molecule has 1 unspecified atom stereocenters. The fourth-order valence-corrected chi connectivity index (χ4v) is 2.97. The topological polar surface area (TPSA) is 94.3 Å². The summed E-state index contributed by atoms with van der Waals surface area (Å²) in [6.07, 6.45) is 1.07. The number of benzene rings is 2. The van der Waals surface area contributed by atoms with Crippen LogP contribution in [0.5, 0.6) is 11.5 Å². The number of hydrogen-bond donors (Lipinski definition) is 1. The van der Waals surface area contributed by atoms with Crippen LogP contribution in [0.4, 0.5) is 0 Å². The Morgan fingerprint density at radius 2 is 1.80 bits per heavy atom. The van der Waals surface area contributed by atoms with Crippen LogP contribution in [-0.2, 0) is 10.0 Å². The van der Waals surface area contributed by atoms with Crippen LogP contribution in [-0.4, -0.2) is 24.8 Å². The minimum absolute atomic E-state index is 0.190. The Kier molecular flexibility index (Phi) is 4.82. The van der Waals surface area contributed by atoms with Crippen LogP contribution in [0, 0.1) is 0 Å². The van der Waals surface area contributed by atoms with Crippen molar-refractivity contribution in [1.82, 2.24) is 14.9 Å². The van der Waals surface area contributed by atoms with Gasteiger partial charge in [-0.1, -0.05) is 35.5 Å². The van der Waals surface area contributed by atoms with E-state index in [1.165, 1.54) is 0 Å². The number of aromatic nitrogens is 2. The maximum Gasteiger partial charge on any atom is 0.244 e. The quantitative estimate of drug-likeness (QED) is 0.726. The van der Waals surface area contributed by atoms with E-state index in [0.717, 1.165) is 12.0 Å². The van der Waals surface area contributed by atoms with Crippen LogP contribution in [0.3, 0.4) is 0 Å². The normalized spacial score (nSPS) is 12.7. The third-order valence-electron chi connectivity index (χ3n) is 3.27. The molecular weight excluding hydrogens is 342 g/mol. The van der Waals surface area contributed by atoms with Gasteiger partial charge in [0.2, 0.25) is 21.7 Å². The standard InChI is InChI=1S/C17H17N3O4S/c1-12(20-25(2,21)22)17-18-16(19-24-17)13-7-6-10-15(11-13)23-14-8-4-3-5-9-14/h3-12,20H,1-2H3. The predicted molar refractivity (Wildman–Crippen MR) is 92.6 cm³/mol. The smallest absolute Gasteiger partial charge is 0.244 e. The van der Waals surface area contributed by atoms with E-state index in [-0.39, 0.29) is 5.89 Å². The SMILES string of the molecule is CC(NS(C)(=O)=O)c1nc(-c2cccc(Oc3ccccc3)c2)no1. The van der Waals surface area contributed by atoms with E-state index in [9.17, 15) is 8.42 Å². The third-order valence-corrected chi connectivity index (χ3v) is 4.06. The van der Waals surface area contributed by atoms with Gasteiger partial charge in [-0.15, -0.1) is 0 Å². The number of para-hydroxylation sites is 1. The van der Waals surface area contributed by atoms with Gasteiger partial charge in [0.1, 0.15) is 11.5 Å². The lowest BCUT2D eigenvalue weighted by atomic mass is 10.2. The lowest BCUT2D eigenvalue weighted by Crippen LogP contribution is -2.25. The predicted octanol–water partition coefficient (Wildman–Crippen LogP) is 3.14. The molecule has 8 heteroatoms.